The topological polar surface area (TPSA) is 40.5 Å². The second-order valence-electron chi connectivity index (χ2n) is 5.84. The molecule has 2 fully saturated rings. The van der Waals surface area contributed by atoms with Crippen LogP contribution in [0.25, 0.3) is 0 Å². The number of carboxylic acids is 1. The van der Waals surface area contributed by atoms with Crippen LogP contribution in [0.1, 0.15) is 30.7 Å². The third-order valence-corrected chi connectivity index (χ3v) is 5.66. The van der Waals surface area contributed by atoms with Gasteiger partial charge in [-0.2, -0.15) is 0 Å². The molecule has 20 heavy (non-hydrogen) atoms. The number of halogens is 2. The number of piperidine rings is 1. The van der Waals surface area contributed by atoms with Crippen molar-refractivity contribution in [2.75, 3.05) is 7.05 Å². The van der Waals surface area contributed by atoms with Gasteiger partial charge < -0.3 is 5.11 Å². The van der Waals surface area contributed by atoms with Crippen molar-refractivity contribution < 1.29 is 9.90 Å². The number of aliphatic carboxylic acids is 1. The number of hydrogen-bond acceptors (Lipinski definition) is 2. The van der Waals surface area contributed by atoms with E-state index in [1.54, 1.807) is 6.07 Å². The maximum Gasteiger partial charge on any atom is 0.308 e. The fourth-order valence-electron chi connectivity index (χ4n) is 3.89. The normalized spacial score (nSPS) is 33.4. The van der Waals surface area contributed by atoms with E-state index in [4.69, 9.17) is 23.2 Å². The van der Waals surface area contributed by atoms with Gasteiger partial charge in [0.25, 0.3) is 0 Å². The molecule has 2 saturated heterocycles. The van der Waals surface area contributed by atoms with Crippen LogP contribution in [0.15, 0.2) is 18.2 Å². The Kier molecular flexibility index (Phi) is 3.69. The van der Waals surface area contributed by atoms with Gasteiger partial charge in [-0.05, 0) is 44.0 Å². The van der Waals surface area contributed by atoms with Gasteiger partial charge in [0.1, 0.15) is 0 Å². The van der Waals surface area contributed by atoms with Gasteiger partial charge in [-0.15, -0.1) is 0 Å². The Morgan fingerprint density at radius 2 is 2.05 bits per heavy atom. The van der Waals surface area contributed by atoms with E-state index in [2.05, 4.69) is 4.90 Å². The molecule has 1 N–H and O–H groups in total. The van der Waals surface area contributed by atoms with Crippen LogP contribution in [0.5, 0.6) is 0 Å². The summed E-state index contributed by atoms with van der Waals surface area (Å²) in [6.07, 6.45) is 2.93. The van der Waals surface area contributed by atoms with Crippen LogP contribution in [0.3, 0.4) is 0 Å². The molecule has 3 rings (SSSR count). The van der Waals surface area contributed by atoms with Crippen molar-refractivity contribution in [1.82, 2.24) is 4.90 Å². The minimum atomic E-state index is -0.710. The zero-order valence-electron chi connectivity index (χ0n) is 11.2. The molecule has 2 aliphatic rings. The van der Waals surface area contributed by atoms with Gasteiger partial charge in [0, 0.05) is 18.0 Å². The molecule has 1 aromatic carbocycles. The fourth-order valence-corrected chi connectivity index (χ4v) is 4.20. The second-order valence-corrected chi connectivity index (χ2v) is 6.66. The number of carbonyl (C=O) groups is 1. The van der Waals surface area contributed by atoms with Crippen LogP contribution in [0, 0.1) is 5.92 Å². The first kappa shape index (κ1) is 14.2. The molecule has 4 atom stereocenters. The molecule has 0 saturated carbocycles. The molecule has 2 bridgehead atoms. The summed E-state index contributed by atoms with van der Waals surface area (Å²) in [4.78, 5) is 14.0. The van der Waals surface area contributed by atoms with Gasteiger partial charge in [-0.3, -0.25) is 9.69 Å². The Labute approximate surface area is 128 Å². The first-order chi connectivity index (χ1) is 9.49. The van der Waals surface area contributed by atoms with E-state index < -0.39 is 5.97 Å². The van der Waals surface area contributed by atoms with Crippen molar-refractivity contribution >= 4 is 29.2 Å². The van der Waals surface area contributed by atoms with Crippen molar-refractivity contribution in [3.05, 3.63) is 33.8 Å². The van der Waals surface area contributed by atoms with Crippen molar-refractivity contribution in [2.24, 2.45) is 5.92 Å². The average molecular weight is 314 g/mol. The summed E-state index contributed by atoms with van der Waals surface area (Å²) in [7, 11) is 2.04. The van der Waals surface area contributed by atoms with Crippen LogP contribution in [-0.4, -0.2) is 35.1 Å². The molecule has 5 heteroatoms. The van der Waals surface area contributed by atoms with Gasteiger partial charge in [0.05, 0.1) is 16.0 Å². The molecule has 3 nitrogen and oxygen atoms in total. The summed E-state index contributed by atoms with van der Waals surface area (Å²) in [5.41, 5.74) is 0.997. The molecule has 0 radical (unpaired) electrons. The zero-order chi connectivity index (χ0) is 14.4. The van der Waals surface area contributed by atoms with E-state index in [0.717, 1.165) is 24.8 Å². The molecule has 0 aliphatic carbocycles. The molecular weight excluding hydrogens is 297 g/mol. The van der Waals surface area contributed by atoms with Gasteiger partial charge in [0.2, 0.25) is 0 Å². The third kappa shape index (κ3) is 2.22. The highest BCUT2D eigenvalue weighted by atomic mass is 35.5. The lowest BCUT2D eigenvalue weighted by molar-refractivity contribution is -0.146. The highest BCUT2D eigenvalue weighted by Crippen LogP contribution is 2.46. The first-order valence-corrected chi connectivity index (χ1v) is 7.64. The summed E-state index contributed by atoms with van der Waals surface area (Å²) in [6.45, 7) is 0. The molecule has 0 amide bonds. The second kappa shape index (κ2) is 5.21. The van der Waals surface area contributed by atoms with Crippen LogP contribution < -0.4 is 0 Å². The SMILES string of the molecule is CN1C2CCC1[C@@H](C(=O)O)[C@H](c1ccc(Cl)c(Cl)c1)C2. The number of rotatable bonds is 2. The Morgan fingerprint density at radius 1 is 1.30 bits per heavy atom. The van der Waals surface area contributed by atoms with Crippen molar-refractivity contribution in [3.8, 4) is 0 Å². The van der Waals surface area contributed by atoms with Crippen LogP contribution >= 0.6 is 23.2 Å². The number of carboxylic acid groups (broad SMARTS) is 1. The number of fused-ring (bicyclic) bond motifs is 2. The summed E-state index contributed by atoms with van der Waals surface area (Å²) in [5, 5.41) is 10.7. The van der Waals surface area contributed by atoms with Gasteiger partial charge in [0.15, 0.2) is 0 Å². The van der Waals surface area contributed by atoms with E-state index >= 15 is 0 Å². The molecule has 2 heterocycles. The van der Waals surface area contributed by atoms with Gasteiger partial charge >= 0.3 is 5.97 Å². The van der Waals surface area contributed by atoms with Crippen molar-refractivity contribution in [2.45, 2.75) is 37.3 Å². The van der Waals surface area contributed by atoms with Crippen molar-refractivity contribution in [1.29, 1.82) is 0 Å². The Hall–Kier alpha value is -0.770. The number of hydrogen-bond donors (Lipinski definition) is 1. The van der Waals surface area contributed by atoms with E-state index in [-0.39, 0.29) is 17.9 Å². The predicted molar refractivity (Wildman–Crippen MR) is 79.5 cm³/mol. The molecular formula is C15H17Cl2NO2. The maximum absolute atomic E-state index is 11.7. The Bertz CT molecular complexity index is 549. The molecule has 2 unspecified atom stereocenters. The average Bonchev–Trinajstić information content (AvgIpc) is 2.63. The summed E-state index contributed by atoms with van der Waals surface area (Å²) in [6, 6.07) is 6.12. The molecule has 0 spiro atoms. The minimum Gasteiger partial charge on any atom is -0.481 e. The molecule has 108 valence electrons. The lowest BCUT2D eigenvalue weighted by Crippen LogP contribution is -2.48. The zero-order valence-corrected chi connectivity index (χ0v) is 12.7. The van der Waals surface area contributed by atoms with E-state index in [1.165, 1.54) is 0 Å². The number of benzene rings is 1. The lowest BCUT2D eigenvalue weighted by Gasteiger charge is -2.41. The van der Waals surface area contributed by atoms with Crippen LogP contribution in [0.4, 0.5) is 0 Å². The largest absolute Gasteiger partial charge is 0.481 e. The first-order valence-electron chi connectivity index (χ1n) is 6.88. The maximum atomic E-state index is 11.7. The summed E-state index contributed by atoms with van der Waals surface area (Å²) >= 11 is 12.0. The van der Waals surface area contributed by atoms with E-state index in [0.29, 0.717) is 16.1 Å². The smallest absolute Gasteiger partial charge is 0.308 e. The van der Waals surface area contributed by atoms with Gasteiger partial charge in [-0.1, -0.05) is 29.3 Å². The molecule has 1 aromatic rings. The van der Waals surface area contributed by atoms with Gasteiger partial charge in [-0.25, -0.2) is 0 Å². The fraction of sp³-hybridized carbons (Fsp3) is 0.533. The highest BCUT2D eigenvalue weighted by molar-refractivity contribution is 6.42. The summed E-state index contributed by atoms with van der Waals surface area (Å²) in [5.74, 6) is -1.05. The third-order valence-electron chi connectivity index (χ3n) is 4.93. The molecule has 0 aromatic heterocycles. The quantitative estimate of drug-likeness (QED) is 0.906. The van der Waals surface area contributed by atoms with Crippen LogP contribution in [0.2, 0.25) is 10.0 Å². The Morgan fingerprint density at radius 3 is 2.70 bits per heavy atom. The Balaban J connectivity index is 1.98. The van der Waals surface area contributed by atoms with E-state index in [9.17, 15) is 9.90 Å². The lowest BCUT2D eigenvalue weighted by atomic mass is 9.76. The highest BCUT2D eigenvalue weighted by Gasteiger charge is 2.49. The standard InChI is InChI=1S/C15H17Cl2NO2/c1-18-9-3-5-13(18)14(15(19)20)10(7-9)8-2-4-11(16)12(17)6-8/h2,4,6,9-10,13-14H,3,5,7H2,1H3,(H,19,20)/t9?,10-,13?,14-/m0/s1. The summed E-state index contributed by atoms with van der Waals surface area (Å²) < 4.78 is 0. The predicted octanol–water partition coefficient (Wildman–Crippen LogP) is 3.64. The monoisotopic (exact) mass is 313 g/mol. The van der Waals surface area contributed by atoms with Crippen LogP contribution in [-0.2, 0) is 4.79 Å². The van der Waals surface area contributed by atoms with E-state index in [1.807, 2.05) is 19.2 Å². The minimum absolute atomic E-state index is 0.0240. The van der Waals surface area contributed by atoms with Crippen molar-refractivity contribution in [3.63, 3.8) is 0 Å². The molecule has 2 aliphatic heterocycles. The number of nitrogens with zero attached hydrogens (tertiary/aromatic N) is 1.